The number of fused-ring (bicyclic) bond motifs is 2. The van der Waals surface area contributed by atoms with Crippen molar-refractivity contribution in [3.8, 4) is 0 Å². The van der Waals surface area contributed by atoms with Gasteiger partial charge in [-0.2, -0.15) is 0 Å². The van der Waals surface area contributed by atoms with Crippen LogP contribution >= 0.6 is 0 Å². The molecule has 0 saturated heterocycles. The summed E-state index contributed by atoms with van der Waals surface area (Å²) in [7, 11) is 0. The monoisotopic (exact) mass is 272 g/mol. The van der Waals surface area contributed by atoms with Gasteiger partial charge in [0, 0.05) is 24.0 Å². The minimum atomic E-state index is 0.00622. The average molecular weight is 272 g/mol. The summed E-state index contributed by atoms with van der Waals surface area (Å²) < 4.78 is 0. The molecule has 1 amide bonds. The molecule has 0 aromatic carbocycles. The number of aromatic nitrogens is 1. The Bertz CT molecular complexity index is 484. The summed E-state index contributed by atoms with van der Waals surface area (Å²) in [5.74, 6) is 0.762. The number of rotatable bonds is 3. The summed E-state index contributed by atoms with van der Waals surface area (Å²) in [4.78, 5) is 28.5. The van der Waals surface area contributed by atoms with Crippen molar-refractivity contribution < 1.29 is 9.59 Å². The summed E-state index contributed by atoms with van der Waals surface area (Å²) in [6, 6.07) is 5.68. The Morgan fingerprint density at radius 1 is 1.25 bits per heavy atom. The van der Waals surface area contributed by atoms with E-state index in [0.717, 1.165) is 37.8 Å². The fraction of sp³-hybridized carbons (Fsp3) is 0.562. The molecular weight excluding hydrogens is 252 g/mol. The quantitative estimate of drug-likeness (QED) is 0.916. The van der Waals surface area contributed by atoms with Gasteiger partial charge in [-0.3, -0.25) is 14.6 Å². The zero-order valence-electron chi connectivity index (χ0n) is 11.5. The van der Waals surface area contributed by atoms with Gasteiger partial charge in [0.05, 0.1) is 12.2 Å². The normalized spacial score (nSPS) is 29.0. The predicted octanol–water partition coefficient (Wildman–Crippen LogP) is 2.09. The van der Waals surface area contributed by atoms with E-state index in [0.29, 0.717) is 12.3 Å². The second-order valence-corrected chi connectivity index (χ2v) is 5.93. The minimum Gasteiger partial charge on any atom is -0.350 e. The third-order valence-corrected chi connectivity index (χ3v) is 4.59. The Morgan fingerprint density at radius 2 is 2.00 bits per heavy atom. The lowest BCUT2D eigenvalue weighted by atomic mass is 9.67. The summed E-state index contributed by atoms with van der Waals surface area (Å²) in [6.45, 7) is 0.472. The predicted molar refractivity (Wildman–Crippen MR) is 74.6 cm³/mol. The number of amides is 1. The number of carbonyl (C=O) groups is 2. The molecule has 4 nitrogen and oxygen atoms in total. The van der Waals surface area contributed by atoms with Gasteiger partial charge < -0.3 is 5.32 Å². The lowest BCUT2D eigenvalue weighted by Gasteiger charge is -2.36. The molecule has 2 aliphatic rings. The maximum Gasteiger partial charge on any atom is 0.223 e. The van der Waals surface area contributed by atoms with Crippen molar-refractivity contribution in [1.29, 1.82) is 0 Å². The fourth-order valence-electron chi connectivity index (χ4n) is 3.52. The van der Waals surface area contributed by atoms with Gasteiger partial charge in [0.1, 0.15) is 5.78 Å². The highest BCUT2D eigenvalue weighted by atomic mass is 16.2. The van der Waals surface area contributed by atoms with E-state index < -0.39 is 0 Å². The van der Waals surface area contributed by atoms with E-state index in [1.807, 2.05) is 18.2 Å². The van der Waals surface area contributed by atoms with E-state index in [-0.39, 0.29) is 23.7 Å². The van der Waals surface area contributed by atoms with Crippen molar-refractivity contribution in [2.75, 3.05) is 0 Å². The molecule has 0 radical (unpaired) electrons. The van der Waals surface area contributed by atoms with Gasteiger partial charge in [0.25, 0.3) is 0 Å². The van der Waals surface area contributed by atoms with Crippen LogP contribution in [-0.2, 0) is 16.1 Å². The van der Waals surface area contributed by atoms with E-state index in [1.165, 1.54) is 0 Å². The van der Waals surface area contributed by atoms with Crippen molar-refractivity contribution in [1.82, 2.24) is 10.3 Å². The second kappa shape index (κ2) is 5.73. The molecule has 2 unspecified atom stereocenters. The summed E-state index contributed by atoms with van der Waals surface area (Å²) in [5, 5.41) is 2.96. The Kier molecular flexibility index (Phi) is 3.81. The van der Waals surface area contributed by atoms with Crippen LogP contribution in [0.25, 0.3) is 0 Å². The molecule has 2 aliphatic carbocycles. The molecule has 20 heavy (non-hydrogen) atoms. The topological polar surface area (TPSA) is 59.1 Å². The average Bonchev–Trinajstić information content (AvgIpc) is 2.45. The van der Waals surface area contributed by atoms with Crippen LogP contribution in [0.1, 0.15) is 37.8 Å². The first kappa shape index (κ1) is 13.3. The number of ketones is 1. The van der Waals surface area contributed by atoms with E-state index in [9.17, 15) is 9.59 Å². The Hall–Kier alpha value is -1.71. The largest absolute Gasteiger partial charge is 0.350 e. The van der Waals surface area contributed by atoms with Crippen LogP contribution in [0.4, 0.5) is 0 Å². The number of pyridine rings is 1. The molecule has 0 aliphatic heterocycles. The van der Waals surface area contributed by atoms with Crippen molar-refractivity contribution in [3.63, 3.8) is 0 Å². The maximum absolute atomic E-state index is 12.3. The van der Waals surface area contributed by atoms with Gasteiger partial charge in [0.2, 0.25) is 5.91 Å². The van der Waals surface area contributed by atoms with Gasteiger partial charge in [0.15, 0.2) is 0 Å². The SMILES string of the molecule is O=C(NCc1ccccn1)C1CC2CCCC(C1)C2=O. The molecule has 1 aromatic rings. The first-order valence-corrected chi connectivity index (χ1v) is 7.45. The van der Waals surface area contributed by atoms with Crippen LogP contribution in [-0.4, -0.2) is 16.7 Å². The first-order valence-electron chi connectivity index (χ1n) is 7.45. The molecule has 2 fully saturated rings. The summed E-state index contributed by atoms with van der Waals surface area (Å²) >= 11 is 0. The van der Waals surface area contributed by atoms with E-state index in [1.54, 1.807) is 6.20 Å². The van der Waals surface area contributed by atoms with Crippen LogP contribution in [0.2, 0.25) is 0 Å². The molecule has 1 aromatic heterocycles. The molecular formula is C16H20N2O2. The molecule has 106 valence electrons. The zero-order chi connectivity index (χ0) is 13.9. The summed E-state index contributed by atoms with van der Waals surface area (Å²) in [5.41, 5.74) is 0.868. The molecule has 1 heterocycles. The lowest BCUT2D eigenvalue weighted by Crippen LogP contribution is -2.42. The highest BCUT2D eigenvalue weighted by Crippen LogP contribution is 2.40. The maximum atomic E-state index is 12.3. The molecule has 2 bridgehead atoms. The van der Waals surface area contributed by atoms with Crippen LogP contribution < -0.4 is 5.32 Å². The third-order valence-electron chi connectivity index (χ3n) is 4.59. The van der Waals surface area contributed by atoms with Gasteiger partial charge in [-0.15, -0.1) is 0 Å². The third kappa shape index (κ3) is 2.74. The van der Waals surface area contributed by atoms with Crippen LogP contribution in [0.15, 0.2) is 24.4 Å². The van der Waals surface area contributed by atoms with Gasteiger partial charge in [-0.25, -0.2) is 0 Å². The lowest BCUT2D eigenvalue weighted by molar-refractivity contribution is -0.137. The zero-order valence-corrected chi connectivity index (χ0v) is 11.5. The number of hydrogen-bond donors (Lipinski definition) is 1. The van der Waals surface area contributed by atoms with Crippen molar-refractivity contribution in [2.24, 2.45) is 17.8 Å². The number of Topliss-reactive ketones (excluding diaryl/α,β-unsaturated/α-hetero) is 1. The van der Waals surface area contributed by atoms with E-state index in [2.05, 4.69) is 10.3 Å². The minimum absolute atomic E-state index is 0.00622. The molecule has 1 N–H and O–H groups in total. The van der Waals surface area contributed by atoms with E-state index >= 15 is 0 Å². The number of nitrogens with one attached hydrogen (secondary N) is 1. The Labute approximate surface area is 119 Å². The number of nitrogens with zero attached hydrogens (tertiary/aromatic N) is 1. The molecule has 3 rings (SSSR count). The molecule has 2 saturated carbocycles. The van der Waals surface area contributed by atoms with Crippen LogP contribution in [0, 0.1) is 17.8 Å². The van der Waals surface area contributed by atoms with Crippen LogP contribution in [0.3, 0.4) is 0 Å². The van der Waals surface area contributed by atoms with E-state index in [4.69, 9.17) is 0 Å². The van der Waals surface area contributed by atoms with Gasteiger partial charge in [-0.1, -0.05) is 12.5 Å². The van der Waals surface area contributed by atoms with Crippen molar-refractivity contribution in [2.45, 2.75) is 38.6 Å². The van der Waals surface area contributed by atoms with Gasteiger partial charge in [-0.05, 0) is 37.8 Å². The fourth-order valence-corrected chi connectivity index (χ4v) is 3.52. The van der Waals surface area contributed by atoms with Gasteiger partial charge >= 0.3 is 0 Å². The second-order valence-electron chi connectivity index (χ2n) is 5.93. The smallest absolute Gasteiger partial charge is 0.223 e. The first-order chi connectivity index (χ1) is 9.74. The number of carbonyl (C=O) groups excluding carboxylic acids is 2. The van der Waals surface area contributed by atoms with Crippen molar-refractivity contribution >= 4 is 11.7 Å². The highest BCUT2D eigenvalue weighted by molar-refractivity contribution is 5.88. The Balaban J connectivity index is 1.57. The standard InChI is InChI=1S/C16H20N2O2/c19-15-11-4-3-5-12(15)9-13(8-11)16(20)18-10-14-6-1-2-7-17-14/h1-2,6-7,11-13H,3-5,8-10H2,(H,18,20). The summed E-state index contributed by atoms with van der Waals surface area (Å²) in [6.07, 6.45) is 6.29. The Morgan fingerprint density at radius 3 is 2.65 bits per heavy atom. The molecule has 2 atom stereocenters. The molecule has 4 heteroatoms. The van der Waals surface area contributed by atoms with Crippen molar-refractivity contribution in [3.05, 3.63) is 30.1 Å². The van der Waals surface area contributed by atoms with Crippen LogP contribution in [0.5, 0.6) is 0 Å². The number of hydrogen-bond acceptors (Lipinski definition) is 3. The highest BCUT2D eigenvalue weighted by Gasteiger charge is 2.41. The molecule has 0 spiro atoms.